The molecule has 1 N–H and O–H groups in total. The van der Waals surface area contributed by atoms with E-state index < -0.39 is 0 Å². The summed E-state index contributed by atoms with van der Waals surface area (Å²) >= 11 is 0. The molecule has 0 saturated carbocycles. The number of benzene rings is 1. The summed E-state index contributed by atoms with van der Waals surface area (Å²) in [6.45, 7) is 6.40. The van der Waals surface area contributed by atoms with Crippen molar-refractivity contribution in [1.29, 1.82) is 0 Å². The summed E-state index contributed by atoms with van der Waals surface area (Å²) in [7, 11) is 2.01. The first-order chi connectivity index (χ1) is 8.74. The molecule has 0 saturated heterocycles. The van der Waals surface area contributed by atoms with Crippen molar-refractivity contribution < 1.29 is 9.13 Å². The van der Waals surface area contributed by atoms with Crippen LogP contribution >= 0.6 is 0 Å². The molecule has 4 heteroatoms. The quantitative estimate of drug-likeness (QED) is 0.684. The highest BCUT2D eigenvalue weighted by Gasteiger charge is 2.00. The molecule has 0 aliphatic carbocycles. The van der Waals surface area contributed by atoms with Crippen LogP contribution in [0.5, 0.6) is 0 Å². The lowest BCUT2D eigenvalue weighted by Crippen LogP contribution is -2.30. The predicted octanol–water partition coefficient (Wildman–Crippen LogP) is 2.28. The van der Waals surface area contributed by atoms with Gasteiger partial charge in [-0.1, -0.05) is 0 Å². The minimum Gasteiger partial charge on any atom is -0.382 e. The number of hydrogen-bond acceptors (Lipinski definition) is 3. The number of nitrogens with one attached hydrogen (secondary N) is 1. The van der Waals surface area contributed by atoms with Crippen LogP contribution in [-0.4, -0.2) is 39.9 Å². The van der Waals surface area contributed by atoms with Gasteiger partial charge in [-0.3, -0.25) is 0 Å². The Balaban J connectivity index is 2.10. The van der Waals surface area contributed by atoms with Gasteiger partial charge < -0.3 is 15.0 Å². The van der Waals surface area contributed by atoms with Gasteiger partial charge in [0, 0.05) is 39.0 Å². The van der Waals surface area contributed by atoms with Crippen molar-refractivity contribution in [2.75, 3.05) is 44.8 Å². The van der Waals surface area contributed by atoms with E-state index in [0.717, 1.165) is 45.0 Å². The van der Waals surface area contributed by atoms with Crippen molar-refractivity contribution in [2.24, 2.45) is 0 Å². The molecule has 1 rings (SSSR count). The van der Waals surface area contributed by atoms with E-state index in [-0.39, 0.29) is 5.82 Å². The molecule has 0 heterocycles. The van der Waals surface area contributed by atoms with Gasteiger partial charge in [0.2, 0.25) is 0 Å². The number of hydrogen-bond donors (Lipinski definition) is 1. The highest BCUT2D eigenvalue weighted by atomic mass is 19.1. The van der Waals surface area contributed by atoms with Crippen LogP contribution in [0.4, 0.5) is 10.1 Å². The lowest BCUT2D eigenvalue weighted by atomic mass is 10.3. The molecule has 0 aliphatic rings. The van der Waals surface area contributed by atoms with Crippen molar-refractivity contribution >= 4 is 5.69 Å². The van der Waals surface area contributed by atoms with E-state index in [1.54, 1.807) is 12.1 Å². The smallest absolute Gasteiger partial charge is 0.123 e. The minimum absolute atomic E-state index is 0.193. The first-order valence-corrected chi connectivity index (χ1v) is 6.49. The standard InChI is InChI=1S/C14H23FN2O/c1-3-18-12-4-9-16-10-11-17(2)14-7-5-13(15)6-8-14/h5-8,16H,3-4,9-12H2,1-2H3. The van der Waals surface area contributed by atoms with Gasteiger partial charge in [0.15, 0.2) is 0 Å². The fraction of sp³-hybridized carbons (Fsp3) is 0.571. The van der Waals surface area contributed by atoms with Gasteiger partial charge in [0.05, 0.1) is 0 Å². The van der Waals surface area contributed by atoms with Crippen LogP contribution in [0.1, 0.15) is 13.3 Å². The van der Waals surface area contributed by atoms with E-state index in [4.69, 9.17) is 4.74 Å². The Bertz CT molecular complexity index is 316. The molecule has 0 atom stereocenters. The maximum absolute atomic E-state index is 12.8. The second-order valence-corrected chi connectivity index (χ2v) is 4.20. The predicted molar refractivity (Wildman–Crippen MR) is 73.6 cm³/mol. The van der Waals surface area contributed by atoms with Crippen LogP contribution in [0, 0.1) is 5.82 Å². The van der Waals surface area contributed by atoms with Gasteiger partial charge >= 0.3 is 0 Å². The first kappa shape index (κ1) is 14.9. The third-order valence-electron chi connectivity index (χ3n) is 2.74. The summed E-state index contributed by atoms with van der Waals surface area (Å²) < 4.78 is 18.0. The van der Waals surface area contributed by atoms with Crippen LogP contribution in [-0.2, 0) is 4.74 Å². The minimum atomic E-state index is -0.193. The molecule has 102 valence electrons. The second-order valence-electron chi connectivity index (χ2n) is 4.20. The molecule has 0 aromatic heterocycles. The van der Waals surface area contributed by atoms with Crippen molar-refractivity contribution in [3.05, 3.63) is 30.1 Å². The zero-order valence-electron chi connectivity index (χ0n) is 11.3. The zero-order chi connectivity index (χ0) is 13.2. The maximum atomic E-state index is 12.8. The van der Waals surface area contributed by atoms with Gasteiger partial charge in [0.1, 0.15) is 5.82 Å². The SMILES string of the molecule is CCOCCCNCCN(C)c1ccc(F)cc1. The van der Waals surface area contributed by atoms with Crippen molar-refractivity contribution in [1.82, 2.24) is 5.32 Å². The molecular formula is C14H23FN2O. The van der Waals surface area contributed by atoms with Crippen LogP contribution in [0.15, 0.2) is 24.3 Å². The van der Waals surface area contributed by atoms with Crippen molar-refractivity contribution in [3.8, 4) is 0 Å². The Morgan fingerprint density at radius 3 is 2.61 bits per heavy atom. The average molecular weight is 254 g/mol. The number of halogens is 1. The van der Waals surface area contributed by atoms with Crippen molar-refractivity contribution in [2.45, 2.75) is 13.3 Å². The van der Waals surface area contributed by atoms with Gasteiger partial charge in [-0.25, -0.2) is 4.39 Å². The van der Waals surface area contributed by atoms with Gasteiger partial charge in [-0.2, -0.15) is 0 Å². The highest BCUT2D eigenvalue weighted by molar-refractivity contribution is 5.45. The van der Waals surface area contributed by atoms with Gasteiger partial charge in [0.25, 0.3) is 0 Å². The number of likely N-dealkylation sites (N-methyl/N-ethyl adjacent to an activating group) is 1. The van der Waals surface area contributed by atoms with Crippen LogP contribution in [0.3, 0.4) is 0 Å². The molecule has 0 unspecified atom stereocenters. The highest BCUT2D eigenvalue weighted by Crippen LogP contribution is 2.12. The Kier molecular flexibility index (Phi) is 7.37. The van der Waals surface area contributed by atoms with Gasteiger partial charge in [-0.15, -0.1) is 0 Å². The normalized spacial score (nSPS) is 10.6. The Morgan fingerprint density at radius 1 is 1.22 bits per heavy atom. The summed E-state index contributed by atoms with van der Waals surface area (Å²) in [5.41, 5.74) is 1.03. The van der Waals surface area contributed by atoms with E-state index in [1.807, 2.05) is 14.0 Å². The molecule has 0 amide bonds. The second kappa shape index (κ2) is 8.89. The fourth-order valence-corrected chi connectivity index (χ4v) is 1.64. The topological polar surface area (TPSA) is 24.5 Å². The lowest BCUT2D eigenvalue weighted by molar-refractivity contribution is 0.145. The molecule has 0 aliphatic heterocycles. The fourth-order valence-electron chi connectivity index (χ4n) is 1.64. The Labute approximate surface area is 109 Å². The summed E-state index contributed by atoms with van der Waals surface area (Å²) in [4.78, 5) is 2.11. The first-order valence-electron chi connectivity index (χ1n) is 6.49. The third kappa shape index (κ3) is 5.98. The molecule has 1 aromatic carbocycles. The molecule has 0 spiro atoms. The van der Waals surface area contributed by atoms with Crippen LogP contribution in [0.25, 0.3) is 0 Å². The van der Waals surface area contributed by atoms with Crippen LogP contribution in [0.2, 0.25) is 0 Å². The molecule has 3 nitrogen and oxygen atoms in total. The number of ether oxygens (including phenoxy) is 1. The van der Waals surface area contributed by atoms with E-state index in [9.17, 15) is 4.39 Å². The Morgan fingerprint density at radius 2 is 1.94 bits per heavy atom. The summed E-state index contributed by atoms with van der Waals surface area (Å²) in [6.07, 6.45) is 1.04. The molecule has 0 bridgehead atoms. The number of nitrogens with zero attached hydrogens (tertiary/aromatic N) is 1. The lowest BCUT2D eigenvalue weighted by Gasteiger charge is -2.19. The van der Waals surface area contributed by atoms with Gasteiger partial charge in [-0.05, 0) is 44.2 Å². The molecule has 0 radical (unpaired) electrons. The summed E-state index contributed by atoms with van der Waals surface area (Å²) in [5, 5.41) is 3.36. The van der Waals surface area contributed by atoms with E-state index in [2.05, 4.69) is 10.2 Å². The number of anilines is 1. The summed E-state index contributed by atoms with van der Waals surface area (Å²) in [6, 6.07) is 6.57. The van der Waals surface area contributed by atoms with Crippen LogP contribution < -0.4 is 10.2 Å². The number of rotatable bonds is 9. The zero-order valence-corrected chi connectivity index (χ0v) is 11.3. The maximum Gasteiger partial charge on any atom is 0.123 e. The summed E-state index contributed by atoms with van der Waals surface area (Å²) in [5.74, 6) is -0.193. The van der Waals surface area contributed by atoms with E-state index >= 15 is 0 Å². The Hall–Kier alpha value is -1.13. The molecular weight excluding hydrogens is 231 g/mol. The average Bonchev–Trinajstić information content (AvgIpc) is 2.38. The monoisotopic (exact) mass is 254 g/mol. The molecule has 18 heavy (non-hydrogen) atoms. The third-order valence-corrected chi connectivity index (χ3v) is 2.74. The van der Waals surface area contributed by atoms with Crippen molar-refractivity contribution in [3.63, 3.8) is 0 Å². The van der Waals surface area contributed by atoms with E-state index in [1.165, 1.54) is 12.1 Å². The van der Waals surface area contributed by atoms with E-state index in [0.29, 0.717) is 0 Å². The molecule has 1 aromatic rings. The molecule has 0 fully saturated rings. The largest absolute Gasteiger partial charge is 0.382 e.